The molecule has 0 bridgehead atoms. The summed E-state index contributed by atoms with van der Waals surface area (Å²) < 4.78 is 7.42. The average Bonchev–Trinajstić information content (AvgIpc) is 2.88. The van der Waals surface area contributed by atoms with Crippen LogP contribution >= 0.6 is 0 Å². The molecule has 0 spiro atoms. The SMILES string of the molecule is CCc1ccc(C(=O)c2cn(C)c(=O)n(C)c2=O)o1. The molecule has 0 fully saturated rings. The minimum atomic E-state index is -0.623. The van der Waals surface area contributed by atoms with Gasteiger partial charge in [-0.15, -0.1) is 0 Å². The molecule has 19 heavy (non-hydrogen) atoms. The van der Waals surface area contributed by atoms with Gasteiger partial charge in [0.1, 0.15) is 11.3 Å². The molecule has 0 aliphatic heterocycles. The third-order valence-corrected chi connectivity index (χ3v) is 2.92. The van der Waals surface area contributed by atoms with Gasteiger partial charge in [0, 0.05) is 26.7 Å². The van der Waals surface area contributed by atoms with Gasteiger partial charge in [0.25, 0.3) is 5.56 Å². The van der Waals surface area contributed by atoms with Gasteiger partial charge in [-0.25, -0.2) is 4.79 Å². The molecule has 0 aromatic carbocycles. The molecular weight excluding hydrogens is 248 g/mol. The molecule has 0 saturated heterocycles. The van der Waals surface area contributed by atoms with Crippen molar-refractivity contribution in [2.45, 2.75) is 13.3 Å². The van der Waals surface area contributed by atoms with Gasteiger partial charge in [-0.1, -0.05) is 6.92 Å². The molecule has 2 rings (SSSR count). The van der Waals surface area contributed by atoms with Crippen LogP contribution in [0.3, 0.4) is 0 Å². The van der Waals surface area contributed by atoms with E-state index in [1.165, 1.54) is 30.9 Å². The molecule has 0 N–H and O–H groups in total. The minimum absolute atomic E-state index is 0.0818. The first-order valence-corrected chi connectivity index (χ1v) is 5.85. The maximum absolute atomic E-state index is 12.2. The van der Waals surface area contributed by atoms with E-state index in [0.717, 1.165) is 4.57 Å². The van der Waals surface area contributed by atoms with E-state index in [9.17, 15) is 14.4 Å². The smallest absolute Gasteiger partial charge is 0.330 e. The molecule has 0 aliphatic rings. The molecule has 6 nitrogen and oxygen atoms in total. The summed E-state index contributed by atoms with van der Waals surface area (Å²) >= 11 is 0. The first-order chi connectivity index (χ1) is 8.95. The summed E-state index contributed by atoms with van der Waals surface area (Å²) in [5, 5.41) is 0. The van der Waals surface area contributed by atoms with Gasteiger partial charge in [0.05, 0.1) is 0 Å². The fraction of sp³-hybridized carbons (Fsp3) is 0.308. The lowest BCUT2D eigenvalue weighted by Crippen LogP contribution is -2.39. The summed E-state index contributed by atoms with van der Waals surface area (Å²) in [5.74, 6) is 0.258. The highest BCUT2D eigenvalue weighted by Crippen LogP contribution is 2.11. The zero-order chi connectivity index (χ0) is 14.2. The van der Waals surface area contributed by atoms with E-state index in [1.807, 2.05) is 6.92 Å². The predicted octanol–water partition coefficient (Wildman–Crippen LogP) is 0.470. The third kappa shape index (κ3) is 2.16. The maximum Gasteiger partial charge on any atom is 0.330 e. The van der Waals surface area contributed by atoms with E-state index in [0.29, 0.717) is 12.2 Å². The predicted molar refractivity (Wildman–Crippen MR) is 68.4 cm³/mol. The first kappa shape index (κ1) is 13.1. The molecule has 0 aliphatic carbocycles. The lowest BCUT2D eigenvalue weighted by Gasteiger charge is -2.04. The zero-order valence-electron chi connectivity index (χ0n) is 11.0. The average molecular weight is 262 g/mol. The van der Waals surface area contributed by atoms with Gasteiger partial charge >= 0.3 is 5.69 Å². The summed E-state index contributed by atoms with van der Waals surface area (Å²) in [6.07, 6.45) is 1.90. The number of furan rings is 1. The van der Waals surface area contributed by atoms with Crippen LogP contribution in [0.25, 0.3) is 0 Å². The van der Waals surface area contributed by atoms with Gasteiger partial charge in [-0.2, -0.15) is 0 Å². The molecular formula is C13H14N2O4. The van der Waals surface area contributed by atoms with Crippen LogP contribution in [0.1, 0.15) is 28.8 Å². The molecule has 100 valence electrons. The van der Waals surface area contributed by atoms with Crippen LogP contribution in [0.5, 0.6) is 0 Å². The number of hydrogen-bond acceptors (Lipinski definition) is 4. The number of rotatable bonds is 3. The minimum Gasteiger partial charge on any atom is -0.458 e. The fourth-order valence-electron chi connectivity index (χ4n) is 1.79. The van der Waals surface area contributed by atoms with Crippen LogP contribution in [0.15, 0.2) is 32.3 Å². The number of carbonyl (C=O) groups excluding carboxylic acids is 1. The van der Waals surface area contributed by atoms with E-state index >= 15 is 0 Å². The van der Waals surface area contributed by atoms with Crippen molar-refractivity contribution < 1.29 is 9.21 Å². The van der Waals surface area contributed by atoms with E-state index in [2.05, 4.69) is 0 Å². The highest BCUT2D eigenvalue weighted by atomic mass is 16.3. The van der Waals surface area contributed by atoms with Gasteiger partial charge in [-0.3, -0.25) is 14.2 Å². The summed E-state index contributed by atoms with van der Waals surface area (Å²) in [7, 11) is 2.82. The van der Waals surface area contributed by atoms with E-state index in [1.54, 1.807) is 6.07 Å². The van der Waals surface area contributed by atoms with Crippen molar-refractivity contribution in [2.24, 2.45) is 14.1 Å². The first-order valence-electron chi connectivity index (χ1n) is 5.85. The summed E-state index contributed by atoms with van der Waals surface area (Å²) in [5.41, 5.74) is -1.18. The van der Waals surface area contributed by atoms with Crippen molar-refractivity contribution in [1.82, 2.24) is 9.13 Å². The van der Waals surface area contributed by atoms with Crippen LogP contribution in [-0.4, -0.2) is 14.9 Å². The van der Waals surface area contributed by atoms with Crippen molar-refractivity contribution in [3.8, 4) is 0 Å². The molecule has 6 heteroatoms. The van der Waals surface area contributed by atoms with Crippen molar-refractivity contribution >= 4 is 5.78 Å². The zero-order valence-corrected chi connectivity index (χ0v) is 11.0. The Morgan fingerprint density at radius 3 is 2.53 bits per heavy atom. The maximum atomic E-state index is 12.2. The third-order valence-electron chi connectivity index (χ3n) is 2.92. The molecule has 2 heterocycles. The van der Waals surface area contributed by atoms with Crippen molar-refractivity contribution in [3.63, 3.8) is 0 Å². The van der Waals surface area contributed by atoms with Crippen LogP contribution in [0.2, 0.25) is 0 Å². The topological polar surface area (TPSA) is 74.2 Å². The highest BCUT2D eigenvalue weighted by molar-refractivity contribution is 6.06. The summed E-state index contributed by atoms with van der Waals surface area (Å²) in [4.78, 5) is 35.7. The van der Waals surface area contributed by atoms with Crippen LogP contribution in [0.4, 0.5) is 0 Å². The second-order valence-electron chi connectivity index (χ2n) is 4.25. The molecule has 0 unspecified atom stereocenters. The lowest BCUT2D eigenvalue weighted by molar-refractivity contribution is 0.100. The van der Waals surface area contributed by atoms with Crippen molar-refractivity contribution in [1.29, 1.82) is 0 Å². The molecule has 2 aromatic heterocycles. The van der Waals surface area contributed by atoms with Gasteiger partial charge in [0.2, 0.25) is 5.78 Å². The van der Waals surface area contributed by atoms with E-state index < -0.39 is 17.0 Å². The number of carbonyl (C=O) groups is 1. The Labute approximate surface area is 108 Å². The largest absolute Gasteiger partial charge is 0.458 e. The fourth-order valence-corrected chi connectivity index (χ4v) is 1.79. The van der Waals surface area contributed by atoms with Gasteiger partial charge < -0.3 is 8.98 Å². The number of hydrogen-bond donors (Lipinski definition) is 0. The second-order valence-corrected chi connectivity index (χ2v) is 4.25. The van der Waals surface area contributed by atoms with Gasteiger partial charge in [0.15, 0.2) is 5.76 Å². The van der Waals surface area contributed by atoms with Crippen molar-refractivity contribution in [2.75, 3.05) is 0 Å². The van der Waals surface area contributed by atoms with Crippen LogP contribution < -0.4 is 11.2 Å². The Kier molecular flexibility index (Phi) is 3.25. The van der Waals surface area contributed by atoms with Gasteiger partial charge in [-0.05, 0) is 12.1 Å². The quantitative estimate of drug-likeness (QED) is 0.754. The summed E-state index contributed by atoms with van der Waals surface area (Å²) in [6.45, 7) is 1.90. The number of nitrogens with zero attached hydrogens (tertiary/aromatic N) is 2. The number of aromatic nitrogens is 2. The van der Waals surface area contributed by atoms with Crippen molar-refractivity contribution in [3.05, 3.63) is 56.3 Å². The van der Waals surface area contributed by atoms with E-state index in [-0.39, 0.29) is 11.3 Å². The molecule has 0 atom stereocenters. The standard InChI is InChI=1S/C13H14N2O4/c1-4-8-5-6-10(19-8)11(16)9-7-14(2)13(18)15(3)12(9)17/h5-7H,4H2,1-3H3. The Morgan fingerprint density at radius 1 is 1.26 bits per heavy atom. The molecule has 0 saturated carbocycles. The number of aryl methyl sites for hydroxylation is 2. The van der Waals surface area contributed by atoms with Crippen LogP contribution in [-0.2, 0) is 20.5 Å². The molecule has 0 amide bonds. The summed E-state index contributed by atoms with van der Waals surface area (Å²) in [6, 6.07) is 3.23. The Balaban J connectivity index is 2.56. The highest BCUT2D eigenvalue weighted by Gasteiger charge is 2.19. The molecule has 0 radical (unpaired) electrons. The Hall–Kier alpha value is -2.37. The lowest BCUT2D eigenvalue weighted by atomic mass is 10.2. The Morgan fingerprint density at radius 2 is 1.95 bits per heavy atom. The normalized spacial score (nSPS) is 10.7. The molecule has 2 aromatic rings. The second kappa shape index (κ2) is 4.72. The monoisotopic (exact) mass is 262 g/mol. The van der Waals surface area contributed by atoms with E-state index in [4.69, 9.17) is 4.42 Å². The Bertz CT molecular complexity index is 749. The number of ketones is 1. The van der Waals surface area contributed by atoms with Crippen LogP contribution in [0, 0.1) is 0 Å².